The zero-order valence-electron chi connectivity index (χ0n) is 12.8. The molecule has 0 saturated carbocycles. The fourth-order valence-corrected chi connectivity index (χ4v) is 2.40. The fraction of sp³-hybridized carbons (Fsp3) is 0.625. The first-order valence-electron chi connectivity index (χ1n) is 7.58. The van der Waals surface area contributed by atoms with Crippen LogP contribution in [0.5, 0.6) is 5.75 Å². The van der Waals surface area contributed by atoms with Crippen molar-refractivity contribution in [3.8, 4) is 5.75 Å². The van der Waals surface area contributed by atoms with Gasteiger partial charge in [0.05, 0.1) is 6.61 Å². The van der Waals surface area contributed by atoms with Gasteiger partial charge in [-0.2, -0.15) is 0 Å². The van der Waals surface area contributed by atoms with Crippen LogP contribution in [-0.2, 0) is 0 Å². The average molecular weight is 335 g/mol. The minimum Gasteiger partial charge on any atom is -0.494 e. The van der Waals surface area contributed by atoms with Crippen LogP contribution in [0.1, 0.15) is 32.6 Å². The monoisotopic (exact) mass is 334 g/mol. The van der Waals surface area contributed by atoms with Gasteiger partial charge in [-0.05, 0) is 30.7 Å². The third kappa shape index (κ3) is 7.25. The van der Waals surface area contributed by atoms with E-state index in [0.29, 0.717) is 0 Å². The van der Waals surface area contributed by atoms with Gasteiger partial charge in [-0.25, -0.2) is 0 Å². The first-order chi connectivity index (χ1) is 9.40. The number of piperazine rings is 1. The number of hydrogen-bond acceptors (Lipinski definition) is 3. The maximum absolute atomic E-state index is 5.76. The largest absolute Gasteiger partial charge is 0.494 e. The Balaban J connectivity index is 0.00000200. The summed E-state index contributed by atoms with van der Waals surface area (Å²) in [5.41, 5.74) is 1.31. The van der Waals surface area contributed by atoms with Gasteiger partial charge in [-0.3, -0.25) is 0 Å². The summed E-state index contributed by atoms with van der Waals surface area (Å²) in [6.45, 7) is 7.42. The van der Waals surface area contributed by atoms with Crippen molar-refractivity contribution in [1.82, 2.24) is 5.32 Å². The molecule has 1 aliphatic rings. The molecule has 1 aromatic rings. The third-order valence-electron chi connectivity index (χ3n) is 3.59. The fourth-order valence-electron chi connectivity index (χ4n) is 2.40. The highest BCUT2D eigenvalue weighted by atomic mass is 35.5. The maximum Gasteiger partial charge on any atom is 0.119 e. The van der Waals surface area contributed by atoms with E-state index in [1.807, 2.05) is 0 Å². The van der Waals surface area contributed by atoms with E-state index >= 15 is 0 Å². The minimum absolute atomic E-state index is 0. The summed E-state index contributed by atoms with van der Waals surface area (Å²) in [5.74, 6) is 0.996. The average Bonchev–Trinajstić information content (AvgIpc) is 2.49. The lowest BCUT2D eigenvalue weighted by molar-refractivity contribution is 0.305. The molecule has 0 radical (unpaired) electrons. The second kappa shape index (κ2) is 12.0. The van der Waals surface area contributed by atoms with Gasteiger partial charge in [-0.15, -0.1) is 24.8 Å². The van der Waals surface area contributed by atoms with Gasteiger partial charge < -0.3 is 15.0 Å². The molecule has 122 valence electrons. The van der Waals surface area contributed by atoms with E-state index in [4.69, 9.17) is 4.74 Å². The van der Waals surface area contributed by atoms with Crippen molar-refractivity contribution in [3.05, 3.63) is 24.3 Å². The quantitative estimate of drug-likeness (QED) is 0.765. The van der Waals surface area contributed by atoms with Crippen LogP contribution in [0.2, 0.25) is 0 Å². The van der Waals surface area contributed by atoms with Crippen LogP contribution in [0, 0.1) is 0 Å². The van der Waals surface area contributed by atoms with E-state index in [-0.39, 0.29) is 24.8 Å². The summed E-state index contributed by atoms with van der Waals surface area (Å²) in [5, 5.41) is 3.37. The molecule has 1 saturated heterocycles. The van der Waals surface area contributed by atoms with Gasteiger partial charge in [0.25, 0.3) is 0 Å². The molecule has 21 heavy (non-hydrogen) atoms. The van der Waals surface area contributed by atoms with E-state index < -0.39 is 0 Å². The zero-order valence-corrected chi connectivity index (χ0v) is 14.5. The lowest BCUT2D eigenvalue weighted by atomic mass is 10.2. The lowest BCUT2D eigenvalue weighted by Gasteiger charge is -2.29. The van der Waals surface area contributed by atoms with Crippen molar-refractivity contribution in [2.24, 2.45) is 0 Å². The molecule has 0 amide bonds. The van der Waals surface area contributed by atoms with Crippen LogP contribution >= 0.6 is 24.8 Å². The molecule has 1 aromatic carbocycles. The van der Waals surface area contributed by atoms with Gasteiger partial charge in [0.1, 0.15) is 5.75 Å². The predicted octanol–water partition coefficient (Wildman–Crippen LogP) is 3.90. The molecule has 2 rings (SSSR count). The number of nitrogens with zero attached hydrogens (tertiary/aromatic N) is 1. The van der Waals surface area contributed by atoms with E-state index in [0.717, 1.165) is 45.0 Å². The van der Waals surface area contributed by atoms with Crippen molar-refractivity contribution in [3.63, 3.8) is 0 Å². The second-order valence-corrected chi connectivity index (χ2v) is 5.14. The molecule has 0 aliphatic carbocycles. The van der Waals surface area contributed by atoms with Crippen molar-refractivity contribution >= 4 is 30.5 Å². The third-order valence-corrected chi connectivity index (χ3v) is 3.59. The summed E-state index contributed by atoms with van der Waals surface area (Å²) in [7, 11) is 0. The Labute approximate surface area is 141 Å². The standard InChI is InChI=1S/C16H26N2O.2ClH/c1-2-3-4-5-14-19-16-8-6-15(7-9-16)18-12-10-17-11-13-18;;/h6-9,17H,2-5,10-14H2,1H3;2*1H. The smallest absolute Gasteiger partial charge is 0.119 e. The predicted molar refractivity (Wildman–Crippen MR) is 95.7 cm³/mol. The molecule has 0 aromatic heterocycles. The van der Waals surface area contributed by atoms with Gasteiger partial charge >= 0.3 is 0 Å². The van der Waals surface area contributed by atoms with Crippen LogP contribution in [0.15, 0.2) is 24.3 Å². The Morgan fingerprint density at radius 1 is 1.00 bits per heavy atom. The van der Waals surface area contributed by atoms with Crippen molar-refractivity contribution in [2.45, 2.75) is 32.6 Å². The summed E-state index contributed by atoms with van der Waals surface area (Å²) in [6.07, 6.45) is 5.02. The molecule has 0 unspecified atom stereocenters. The van der Waals surface area contributed by atoms with E-state index in [1.54, 1.807) is 0 Å². The zero-order chi connectivity index (χ0) is 13.3. The molecular formula is C16H28Cl2N2O. The molecule has 1 heterocycles. The highest BCUT2D eigenvalue weighted by Gasteiger charge is 2.09. The molecule has 1 fully saturated rings. The van der Waals surface area contributed by atoms with Crippen molar-refractivity contribution in [2.75, 3.05) is 37.7 Å². The van der Waals surface area contributed by atoms with Crippen LogP contribution < -0.4 is 15.0 Å². The highest BCUT2D eigenvalue weighted by Crippen LogP contribution is 2.20. The van der Waals surface area contributed by atoms with Gasteiger partial charge in [0.15, 0.2) is 0 Å². The topological polar surface area (TPSA) is 24.5 Å². The summed E-state index contributed by atoms with van der Waals surface area (Å²) < 4.78 is 5.76. The van der Waals surface area contributed by atoms with Gasteiger partial charge in [-0.1, -0.05) is 26.2 Å². The maximum atomic E-state index is 5.76. The number of halogens is 2. The number of anilines is 1. The Hall–Kier alpha value is -0.640. The molecule has 0 bridgehead atoms. The van der Waals surface area contributed by atoms with Crippen molar-refractivity contribution in [1.29, 1.82) is 0 Å². The number of ether oxygens (including phenoxy) is 1. The first-order valence-corrected chi connectivity index (χ1v) is 7.58. The summed E-state index contributed by atoms with van der Waals surface area (Å²) >= 11 is 0. The lowest BCUT2D eigenvalue weighted by Crippen LogP contribution is -2.43. The van der Waals surface area contributed by atoms with E-state index in [1.165, 1.54) is 24.9 Å². The van der Waals surface area contributed by atoms with Crippen molar-refractivity contribution < 1.29 is 4.74 Å². The first kappa shape index (κ1) is 20.4. The SMILES string of the molecule is CCCCCCOc1ccc(N2CCNCC2)cc1.Cl.Cl. The number of hydrogen-bond donors (Lipinski definition) is 1. The molecule has 3 nitrogen and oxygen atoms in total. The van der Waals surface area contributed by atoms with Crippen LogP contribution in [0.4, 0.5) is 5.69 Å². The molecular weight excluding hydrogens is 307 g/mol. The molecule has 0 spiro atoms. The van der Waals surface area contributed by atoms with Crippen LogP contribution in [0.3, 0.4) is 0 Å². The normalized spacial score (nSPS) is 14.0. The van der Waals surface area contributed by atoms with Crippen LogP contribution in [0.25, 0.3) is 0 Å². The second-order valence-electron chi connectivity index (χ2n) is 5.14. The van der Waals surface area contributed by atoms with Gasteiger partial charge in [0.2, 0.25) is 0 Å². The number of benzene rings is 1. The van der Waals surface area contributed by atoms with E-state index in [2.05, 4.69) is 41.4 Å². The Morgan fingerprint density at radius 3 is 2.29 bits per heavy atom. The summed E-state index contributed by atoms with van der Waals surface area (Å²) in [4.78, 5) is 2.42. The molecule has 0 atom stereocenters. The summed E-state index contributed by atoms with van der Waals surface area (Å²) in [6, 6.07) is 8.54. The number of nitrogens with one attached hydrogen (secondary N) is 1. The number of rotatable bonds is 7. The molecule has 5 heteroatoms. The van der Waals surface area contributed by atoms with E-state index in [9.17, 15) is 0 Å². The Bertz CT molecular complexity index is 354. The number of unbranched alkanes of at least 4 members (excludes halogenated alkanes) is 3. The highest BCUT2D eigenvalue weighted by molar-refractivity contribution is 5.85. The minimum atomic E-state index is 0. The molecule has 1 aliphatic heterocycles. The van der Waals surface area contributed by atoms with Gasteiger partial charge in [0, 0.05) is 31.9 Å². The van der Waals surface area contributed by atoms with Crippen LogP contribution in [-0.4, -0.2) is 32.8 Å². The Morgan fingerprint density at radius 2 is 1.67 bits per heavy atom. The molecule has 1 N–H and O–H groups in total. The Kier molecular flexibility index (Phi) is 11.6.